The maximum absolute atomic E-state index is 12.1. The predicted molar refractivity (Wildman–Crippen MR) is 97.1 cm³/mol. The number of methoxy groups -OCH3 is 1. The predicted octanol–water partition coefficient (Wildman–Crippen LogP) is 3.76. The fraction of sp³-hybridized carbons (Fsp3) is 0.222. The Bertz CT molecular complexity index is 880. The molecule has 0 atom stereocenters. The van der Waals surface area contributed by atoms with Gasteiger partial charge in [-0.1, -0.05) is 16.8 Å². The van der Waals surface area contributed by atoms with Crippen LogP contribution in [-0.2, 0) is 11.2 Å². The van der Waals surface area contributed by atoms with Crippen LogP contribution in [0.5, 0.6) is 5.88 Å². The fourth-order valence-corrected chi connectivity index (χ4v) is 2.46. The topological polar surface area (TPSA) is 90.1 Å². The summed E-state index contributed by atoms with van der Waals surface area (Å²) >= 11 is 5.87. The second-order valence-electron chi connectivity index (χ2n) is 5.48. The van der Waals surface area contributed by atoms with Gasteiger partial charge in [0, 0.05) is 29.6 Å². The molecule has 0 unspecified atom stereocenters. The lowest BCUT2D eigenvalue weighted by Gasteiger charge is -2.08. The smallest absolute Gasteiger partial charge is 0.237 e. The Balaban J connectivity index is 1.50. The van der Waals surface area contributed by atoms with E-state index in [1.54, 1.807) is 30.5 Å². The first-order valence-corrected chi connectivity index (χ1v) is 8.41. The van der Waals surface area contributed by atoms with Gasteiger partial charge >= 0.3 is 0 Å². The molecule has 0 fully saturated rings. The van der Waals surface area contributed by atoms with Crippen molar-refractivity contribution in [1.82, 2.24) is 15.1 Å². The number of carbonyl (C=O) groups is 1. The highest BCUT2D eigenvalue weighted by Crippen LogP contribution is 2.21. The number of anilines is 1. The largest absolute Gasteiger partial charge is 0.480 e. The third-order valence-corrected chi connectivity index (χ3v) is 3.86. The van der Waals surface area contributed by atoms with E-state index in [1.165, 1.54) is 7.11 Å². The third-order valence-electron chi connectivity index (χ3n) is 3.60. The highest BCUT2D eigenvalue weighted by atomic mass is 35.5. The maximum atomic E-state index is 12.1. The Kier molecular flexibility index (Phi) is 5.80. The zero-order valence-corrected chi connectivity index (χ0v) is 14.9. The number of nitrogens with zero attached hydrogens (tertiary/aromatic N) is 3. The number of pyridine rings is 1. The summed E-state index contributed by atoms with van der Waals surface area (Å²) in [6, 6.07) is 10.7. The number of amides is 1. The molecule has 1 aromatic carbocycles. The molecule has 0 radical (unpaired) electrons. The zero-order valence-electron chi connectivity index (χ0n) is 14.1. The van der Waals surface area contributed by atoms with Crippen LogP contribution in [0.3, 0.4) is 0 Å². The van der Waals surface area contributed by atoms with E-state index in [1.807, 2.05) is 12.1 Å². The molecule has 2 aromatic heterocycles. The van der Waals surface area contributed by atoms with Gasteiger partial charge in [-0.15, -0.1) is 0 Å². The van der Waals surface area contributed by atoms with Gasteiger partial charge in [-0.05, 0) is 42.8 Å². The van der Waals surface area contributed by atoms with Crippen molar-refractivity contribution in [3.05, 3.63) is 53.5 Å². The molecule has 26 heavy (non-hydrogen) atoms. The molecule has 0 saturated heterocycles. The molecule has 1 N–H and O–H groups in total. The second-order valence-corrected chi connectivity index (χ2v) is 5.92. The van der Waals surface area contributed by atoms with Gasteiger partial charge in [0.1, 0.15) is 5.69 Å². The van der Waals surface area contributed by atoms with Crippen LogP contribution in [0.15, 0.2) is 47.1 Å². The van der Waals surface area contributed by atoms with E-state index < -0.39 is 0 Å². The molecule has 134 valence electrons. The first-order valence-electron chi connectivity index (χ1n) is 8.03. The van der Waals surface area contributed by atoms with E-state index in [4.69, 9.17) is 20.9 Å². The van der Waals surface area contributed by atoms with Crippen LogP contribution in [0, 0.1) is 0 Å². The molecule has 0 bridgehead atoms. The average Bonchev–Trinajstić information content (AvgIpc) is 3.11. The van der Waals surface area contributed by atoms with Crippen molar-refractivity contribution in [3.63, 3.8) is 0 Å². The quantitative estimate of drug-likeness (QED) is 0.679. The Labute approximate surface area is 155 Å². The monoisotopic (exact) mass is 372 g/mol. The number of hydrogen-bond acceptors (Lipinski definition) is 6. The second kappa shape index (κ2) is 8.44. The first kappa shape index (κ1) is 17.9. The SMILES string of the molecule is COc1ncccc1NC(=O)CCCc1nc(-c2ccc(Cl)cc2)no1. The van der Waals surface area contributed by atoms with Crippen LogP contribution in [0.2, 0.25) is 5.02 Å². The Morgan fingerprint density at radius 3 is 2.85 bits per heavy atom. The number of halogens is 1. The normalized spacial score (nSPS) is 10.5. The van der Waals surface area contributed by atoms with Gasteiger partial charge in [0.25, 0.3) is 0 Å². The first-order chi connectivity index (χ1) is 12.7. The van der Waals surface area contributed by atoms with Crippen LogP contribution in [0.1, 0.15) is 18.7 Å². The van der Waals surface area contributed by atoms with Crippen molar-refractivity contribution in [3.8, 4) is 17.3 Å². The van der Waals surface area contributed by atoms with E-state index in [9.17, 15) is 4.79 Å². The van der Waals surface area contributed by atoms with Gasteiger partial charge in [-0.2, -0.15) is 4.98 Å². The molecule has 0 aliphatic carbocycles. The zero-order chi connectivity index (χ0) is 18.4. The number of rotatable bonds is 7. The number of benzene rings is 1. The minimum absolute atomic E-state index is 0.131. The molecule has 3 aromatic rings. The van der Waals surface area contributed by atoms with Crippen molar-refractivity contribution in [2.45, 2.75) is 19.3 Å². The van der Waals surface area contributed by atoms with E-state index in [2.05, 4.69) is 20.4 Å². The molecule has 2 heterocycles. The average molecular weight is 373 g/mol. The van der Waals surface area contributed by atoms with E-state index >= 15 is 0 Å². The molecule has 3 rings (SSSR count). The van der Waals surface area contributed by atoms with Gasteiger partial charge in [-0.3, -0.25) is 4.79 Å². The van der Waals surface area contributed by atoms with Crippen LogP contribution in [-0.4, -0.2) is 28.1 Å². The molecular weight excluding hydrogens is 356 g/mol. The van der Waals surface area contributed by atoms with Gasteiger partial charge < -0.3 is 14.6 Å². The van der Waals surface area contributed by atoms with E-state index in [0.717, 1.165) is 5.56 Å². The summed E-state index contributed by atoms with van der Waals surface area (Å²) in [6.45, 7) is 0. The molecule has 0 aliphatic rings. The number of carbonyl (C=O) groups excluding carboxylic acids is 1. The minimum atomic E-state index is -0.131. The highest BCUT2D eigenvalue weighted by molar-refractivity contribution is 6.30. The van der Waals surface area contributed by atoms with Crippen LogP contribution in [0.4, 0.5) is 5.69 Å². The maximum Gasteiger partial charge on any atom is 0.237 e. The Morgan fingerprint density at radius 2 is 2.08 bits per heavy atom. The van der Waals surface area contributed by atoms with Crippen molar-refractivity contribution in [1.29, 1.82) is 0 Å². The lowest BCUT2D eigenvalue weighted by atomic mass is 10.2. The van der Waals surface area contributed by atoms with Gasteiger partial charge in [0.2, 0.25) is 23.5 Å². The third kappa shape index (κ3) is 4.58. The summed E-state index contributed by atoms with van der Waals surface area (Å²) in [5.74, 6) is 1.24. The lowest BCUT2D eigenvalue weighted by Crippen LogP contribution is -2.12. The Morgan fingerprint density at radius 1 is 1.27 bits per heavy atom. The molecule has 8 heteroatoms. The number of aryl methyl sites for hydroxylation is 1. The summed E-state index contributed by atoms with van der Waals surface area (Å²) in [7, 11) is 1.51. The minimum Gasteiger partial charge on any atom is -0.480 e. The van der Waals surface area contributed by atoms with E-state index in [0.29, 0.717) is 47.6 Å². The number of hydrogen-bond donors (Lipinski definition) is 1. The highest BCUT2D eigenvalue weighted by Gasteiger charge is 2.11. The summed E-state index contributed by atoms with van der Waals surface area (Å²) in [5, 5.41) is 7.38. The van der Waals surface area contributed by atoms with Crippen molar-refractivity contribution >= 4 is 23.2 Å². The summed E-state index contributed by atoms with van der Waals surface area (Å²) in [6.07, 6.45) is 3.01. The molecule has 0 aliphatic heterocycles. The summed E-state index contributed by atoms with van der Waals surface area (Å²) < 4.78 is 10.3. The molecule has 7 nitrogen and oxygen atoms in total. The standard InChI is InChI=1S/C18H17ClN4O3/c1-25-18-14(4-3-11-20-18)21-15(24)5-2-6-16-22-17(23-26-16)12-7-9-13(19)10-8-12/h3-4,7-11H,2,5-6H2,1H3,(H,21,24). The summed E-state index contributed by atoms with van der Waals surface area (Å²) in [5.41, 5.74) is 1.37. The van der Waals surface area contributed by atoms with E-state index in [-0.39, 0.29) is 5.91 Å². The lowest BCUT2D eigenvalue weighted by molar-refractivity contribution is -0.116. The molecule has 0 saturated carbocycles. The summed E-state index contributed by atoms with van der Waals surface area (Å²) in [4.78, 5) is 20.4. The van der Waals surface area contributed by atoms with Gasteiger partial charge in [0.05, 0.1) is 7.11 Å². The molecular formula is C18H17ClN4O3. The fourth-order valence-electron chi connectivity index (χ4n) is 2.33. The van der Waals surface area contributed by atoms with Crippen molar-refractivity contribution in [2.24, 2.45) is 0 Å². The van der Waals surface area contributed by atoms with Gasteiger partial charge in [-0.25, -0.2) is 4.98 Å². The number of nitrogens with one attached hydrogen (secondary N) is 1. The molecule has 1 amide bonds. The van der Waals surface area contributed by atoms with Crippen molar-refractivity contribution < 1.29 is 14.1 Å². The number of aromatic nitrogens is 3. The molecule has 0 spiro atoms. The van der Waals surface area contributed by atoms with Crippen LogP contribution in [0.25, 0.3) is 11.4 Å². The van der Waals surface area contributed by atoms with Crippen molar-refractivity contribution in [2.75, 3.05) is 12.4 Å². The van der Waals surface area contributed by atoms with Gasteiger partial charge in [0.15, 0.2) is 0 Å². The van der Waals surface area contributed by atoms with Crippen LogP contribution < -0.4 is 10.1 Å². The van der Waals surface area contributed by atoms with Crippen LogP contribution >= 0.6 is 11.6 Å². The number of ether oxygens (including phenoxy) is 1. The Hall–Kier alpha value is -2.93.